The van der Waals surface area contributed by atoms with E-state index in [0.29, 0.717) is 12.0 Å². The summed E-state index contributed by atoms with van der Waals surface area (Å²) >= 11 is 3.66. The lowest BCUT2D eigenvalue weighted by molar-refractivity contribution is 0.413. The van der Waals surface area contributed by atoms with E-state index in [0.717, 1.165) is 13.1 Å². The molecular weight excluding hydrogens is 252 g/mol. The third kappa shape index (κ3) is 1.33. The van der Waals surface area contributed by atoms with Crippen LogP contribution in [0.15, 0.2) is 22.7 Å². The van der Waals surface area contributed by atoms with E-state index in [-0.39, 0.29) is 0 Å². The summed E-state index contributed by atoms with van der Waals surface area (Å²) in [6.07, 6.45) is 1.25. The van der Waals surface area contributed by atoms with Crippen LogP contribution in [0, 0.1) is 0 Å². The normalized spacial score (nSPS) is 28.8. The van der Waals surface area contributed by atoms with E-state index in [1.807, 2.05) is 0 Å². The van der Waals surface area contributed by atoms with Gasteiger partial charge in [-0.2, -0.15) is 0 Å². The highest BCUT2D eigenvalue weighted by molar-refractivity contribution is 9.10. The fourth-order valence-electron chi connectivity index (χ4n) is 2.99. The van der Waals surface area contributed by atoms with Gasteiger partial charge in [0, 0.05) is 30.0 Å². The predicted octanol–water partition coefficient (Wildman–Crippen LogP) is 2.34. The Bertz CT molecular complexity index is 391. The summed E-state index contributed by atoms with van der Waals surface area (Å²) < 4.78 is 1.23. The Hall–Kier alpha value is -0.540. The molecule has 2 heterocycles. The Balaban J connectivity index is 2.11. The molecule has 1 fully saturated rings. The van der Waals surface area contributed by atoms with Crippen molar-refractivity contribution in [3.63, 3.8) is 0 Å². The van der Waals surface area contributed by atoms with Crippen molar-refractivity contribution in [2.45, 2.75) is 18.4 Å². The molecule has 2 unspecified atom stereocenters. The van der Waals surface area contributed by atoms with Crippen molar-refractivity contribution in [1.29, 1.82) is 0 Å². The molecule has 2 nitrogen and oxygen atoms in total. The number of rotatable bonds is 0. The SMILES string of the molecule is CN1c2c(Br)cccc2C2CNCCC21. The zero-order valence-electron chi connectivity index (χ0n) is 8.83. The molecule has 0 amide bonds. The first-order valence-electron chi connectivity index (χ1n) is 5.51. The third-order valence-electron chi connectivity index (χ3n) is 3.71. The first kappa shape index (κ1) is 9.67. The number of fused-ring (bicyclic) bond motifs is 3. The number of anilines is 1. The van der Waals surface area contributed by atoms with Crippen LogP contribution in [0.4, 0.5) is 5.69 Å². The zero-order valence-corrected chi connectivity index (χ0v) is 10.4. The van der Waals surface area contributed by atoms with E-state index in [1.54, 1.807) is 0 Å². The number of nitrogens with one attached hydrogen (secondary N) is 1. The van der Waals surface area contributed by atoms with Gasteiger partial charge in [0.1, 0.15) is 0 Å². The van der Waals surface area contributed by atoms with Crippen molar-refractivity contribution in [1.82, 2.24) is 5.32 Å². The van der Waals surface area contributed by atoms with Crippen LogP contribution in [0.2, 0.25) is 0 Å². The Morgan fingerprint density at radius 2 is 2.33 bits per heavy atom. The molecule has 2 aliphatic rings. The van der Waals surface area contributed by atoms with Crippen LogP contribution in [0.1, 0.15) is 17.9 Å². The van der Waals surface area contributed by atoms with Gasteiger partial charge >= 0.3 is 0 Å². The fraction of sp³-hybridized carbons (Fsp3) is 0.500. The van der Waals surface area contributed by atoms with E-state index in [4.69, 9.17) is 0 Å². The van der Waals surface area contributed by atoms with Gasteiger partial charge in [-0.3, -0.25) is 0 Å². The largest absolute Gasteiger partial charge is 0.370 e. The molecule has 3 rings (SSSR count). The van der Waals surface area contributed by atoms with Gasteiger partial charge in [0.15, 0.2) is 0 Å². The molecule has 80 valence electrons. The minimum atomic E-state index is 0.677. The van der Waals surface area contributed by atoms with Gasteiger partial charge in [-0.1, -0.05) is 12.1 Å². The summed E-state index contributed by atoms with van der Waals surface area (Å²) in [6.45, 7) is 2.27. The van der Waals surface area contributed by atoms with E-state index >= 15 is 0 Å². The van der Waals surface area contributed by atoms with Crippen LogP contribution >= 0.6 is 15.9 Å². The summed E-state index contributed by atoms with van der Waals surface area (Å²) in [5.41, 5.74) is 2.90. The number of halogens is 1. The van der Waals surface area contributed by atoms with Crippen LogP contribution in [0.3, 0.4) is 0 Å². The lowest BCUT2D eigenvalue weighted by Crippen LogP contribution is -2.42. The lowest BCUT2D eigenvalue weighted by atomic mass is 9.90. The van der Waals surface area contributed by atoms with E-state index in [2.05, 4.69) is 51.4 Å². The fourth-order valence-corrected chi connectivity index (χ4v) is 3.66. The second-order valence-electron chi connectivity index (χ2n) is 4.46. The van der Waals surface area contributed by atoms with Gasteiger partial charge in [-0.15, -0.1) is 0 Å². The highest BCUT2D eigenvalue weighted by Gasteiger charge is 2.38. The molecule has 0 bridgehead atoms. The molecule has 0 aromatic heterocycles. The van der Waals surface area contributed by atoms with Gasteiger partial charge in [-0.05, 0) is 40.5 Å². The van der Waals surface area contributed by atoms with Gasteiger partial charge in [0.05, 0.1) is 5.69 Å². The van der Waals surface area contributed by atoms with Crippen LogP contribution in [-0.2, 0) is 0 Å². The number of piperidine rings is 1. The maximum absolute atomic E-state index is 3.66. The minimum Gasteiger partial charge on any atom is -0.370 e. The molecule has 1 aromatic carbocycles. The van der Waals surface area contributed by atoms with Crippen molar-refractivity contribution in [2.75, 3.05) is 25.0 Å². The first-order chi connectivity index (χ1) is 7.29. The average Bonchev–Trinajstić information content (AvgIpc) is 2.55. The lowest BCUT2D eigenvalue weighted by Gasteiger charge is -2.31. The summed E-state index contributed by atoms with van der Waals surface area (Å²) in [5.74, 6) is 0.677. The van der Waals surface area contributed by atoms with Gasteiger partial charge < -0.3 is 10.2 Å². The number of likely N-dealkylation sites (N-methyl/N-ethyl adjacent to an activating group) is 1. The van der Waals surface area contributed by atoms with Gasteiger partial charge in [0.2, 0.25) is 0 Å². The topological polar surface area (TPSA) is 15.3 Å². The molecule has 1 saturated heterocycles. The molecule has 1 N–H and O–H groups in total. The zero-order chi connectivity index (χ0) is 10.4. The highest BCUT2D eigenvalue weighted by atomic mass is 79.9. The van der Waals surface area contributed by atoms with Crippen molar-refractivity contribution >= 4 is 21.6 Å². The number of nitrogens with zero attached hydrogens (tertiary/aromatic N) is 1. The molecule has 15 heavy (non-hydrogen) atoms. The molecule has 3 heteroatoms. The monoisotopic (exact) mass is 266 g/mol. The average molecular weight is 267 g/mol. The Kier molecular flexibility index (Phi) is 2.25. The first-order valence-corrected chi connectivity index (χ1v) is 6.30. The number of para-hydroxylation sites is 1. The molecule has 1 aromatic rings. The maximum Gasteiger partial charge on any atom is 0.0547 e. The molecule has 0 saturated carbocycles. The summed E-state index contributed by atoms with van der Waals surface area (Å²) in [7, 11) is 2.22. The predicted molar refractivity (Wildman–Crippen MR) is 66.6 cm³/mol. The second-order valence-corrected chi connectivity index (χ2v) is 5.31. The van der Waals surface area contributed by atoms with Crippen molar-refractivity contribution in [3.05, 3.63) is 28.2 Å². The molecule has 0 radical (unpaired) electrons. The van der Waals surface area contributed by atoms with Crippen molar-refractivity contribution < 1.29 is 0 Å². The Morgan fingerprint density at radius 3 is 3.20 bits per heavy atom. The third-order valence-corrected chi connectivity index (χ3v) is 4.35. The smallest absolute Gasteiger partial charge is 0.0547 e. The van der Waals surface area contributed by atoms with Crippen LogP contribution in [0.25, 0.3) is 0 Å². The van der Waals surface area contributed by atoms with Crippen molar-refractivity contribution in [2.24, 2.45) is 0 Å². The highest BCUT2D eigenvalue weighted by Crippen LogP contribution is 2.45. The molecule has 0 spiro atoms. The number of hydrogen-bond donors (Lipinski definition) is 1. The molecule has 0 aliphatic carbocycles. The van der Waals surface area contributed by atoms with E-state index in [9.17, 15) is 0 Å². The van der Waals surface area contributed by atoms with E-state index in [1.165, 1.54) is 22.1 Å². The Labute approximate surface area is 98.8 Å². The van der Waals surface area contributed by atoms with Gasteiger partial charge in [-0.25, -0.2) is 0 Å². The molecule has 2 atom stereocenters. The van der Waals surface area contributed by atoms with Crippen LogP contribution in [0.5, 0.6) is 0 Å². The summed E-state index contributed by atoms with van der Waals surface area (Å²) in [6, 6.07) is 7.25. The number of benzene rings is 1. The summed E-state index contributed by atoms with van der Waals surface area (Å²) in [5, 5.41) is 3.50. The summed E-state index contributed by atoms with van der Waals surface area (Å²) in [4.78, 5) is 2.45. The molecule has 2 aliphatic heterocycles. The standard InChI is InChI=1S/C12H15BrN2/c1-15-11-5-6-14-7-9(11)8-3-2-4-10(13)12(8)15/h2-4,9,11,14H,5-7H2,1H3. The van der Waals surface area contributed by atoms with Crippen LogP contribution in [-0.4, -0.2) is 26.2 Å². The van der Waals surface area contributed by atoms with Crippen molar-refractivity contribution in [3.8, 4) is 0 Å². The Morgan fingerprint density at radius 1 is 1.47 bits per heavy atom. The maximum atomic E-state index is 3.66. The number of hydrogen-bond acceptors (Lipinski definition) is 2. The van der Waals surface area contributed by atoms with E-state index < -0.39 is 0 Å². The minimum absolute atomic E-state index is 0.677. The van der Waals surface area contributed by atoms with Gasteiger partial charge in [0.25, 0.3) is 0 Å². The quantitative estimate of drug-likeness (QED) is 0.776. The van der Waals surface area contributed by atoms with Crippen LogP contribution < -0.4 is 10.2 Å². The molecular formula is C12H15BrN2. The second kappa shape index (κ2) is 3.49.